The molecule has 39 heavy (non-hydrogen) atoms. The van der Waals surface area contributed by atoms with Crippen molar-refractivity contribution in [2.75, 3.05) is 13.1 Å². The largest absolute Gasteiger partial charge is 0.465 e. The van der Waals surface area contributed by atoms with Gasteiger partial charge in [-0.3, -0.25) is 4.79 Å². The molecule has 1 aliphatic heterocycles. The first-order valence-corrected chi connectivity index (χ1v) is 14.1. The van der Waals surface area contributed by atoms with Crippen molar-refractivity contribution >= 4 is 27.6 Å². The number of aryl methyl sites for hydroxylation is 1. The van der Waals surface area contributed by atoms with Crippen molar-refractivity contribution in [1.29, 1.82) is 0 Å². The number of halogens is 3. The van der Waals surface area contributed by atoms with Crippen LogP contribution >= 0.6 is 0 Å². The first-order chi connectivity index (χ1) is 18.4. The molecule has 0 aromatic heterocycles. The molecule has 0 saturated carbocycles. The molecule has 1 fully saturated rings. The number of hydrogen-bond acceptors (Lipinski definition) is 4. The highest BCUT2D eigenvalue weighted by Crippen LogP contribution is 2.34. The number of carboxylic acid groups (broad SMARTS) is 1. The maximum absolute atomic E-state index is 13.2. The second kappa shape index (κ2) is 11.4. The predicted molar refractivity (Wildman–Crippen MR) is 138 cm³/mol. The molecule has 0 bridgehead atoms. The van der Waals surface area contributed by atoms with Gasteiger partial charge in [-0.2, -0.15) is 17.5 Å². The van der Waals surface area contributed by atoms with E-state index in [0.717, 1.165) is 52.0 Å². The first-order valence-electron chi connectivity index (χ1n) is 12.6. The molecule has 1 heterocycles. The van der Waals surface area contributed by atoms with Crippen LogP contribution in [0.4, 0.5) is 18.0 Å². The highest BCUT2D eigenvalue weighted by Gasteiger charge is 2.38. The number of carbonyl (C=O) groups excluding carboxylic acids is 1. The molecule has 4 rings (SSSR count). The molecule has 0 radical (unpaired) electrons. The van der Waals surface area contributed by atoms with Gasteiger partial charge in [-0.15, -0.1) is 0 Å². The van der Waals surface area contributed by atoms with Crippen molar-refractivity contribution in [1.82, 2.24) is 14.9 Å². The summed E-state index contributed by atoms with van der Waals surface area (Å²) in [5.74, 6) is -0.330. The maximum Gasteiger partial charge on any atom is 0.416 e. The third kappa shape index (κ3) is 6.62. The normalized spacial score (nSPS) is 19.8. The number of hydrogen-bond donors (Lipinski definition) is 3. The van der Waals surface area contributed by atoms with Gasteiger partial charge in [0.15, 0.2) is 0 Å². The summed E-state index contributed by atoms with van der Waals surface area (Å²) in [6.07, 6.45) is -2.65. The van der Waals surface area contributed by atoms with E-state index >= 15 is 0 Å². The Labute approximate surface area is 224 Å². The Bertz CT molecular complexity index is 1380. The number of nitrogens with zero attached hydrogens (tertiary/aromatic N) is 1. The lowest BCUT2D eigenvalue weighted by atomic mass is 9.85. The number of fused-ring (bicyclic) bond motifs is 1. The highest BCUT2D eigenvalue weighted by molar-refractivity contribution is 7.89. The van der Waals surface area contributed by atoms with Crippen LogP contribution in [0.2, 0.25) is 0 Å². The zero-order valence-corrected chi connectivity index (χ0v) is 21.9. The molecule has 3 N–H and O–H groups in total. The summed E-state index contributed by atoms with van der Waals surface area (Å²) in [5, 5.41) is 14.1. The van der Waals surface area contributed by atoms with Crippen molar-refractivity contribution in [2.45, 2.75) is 61.7 Å². The van der Waals surface area contributed by atoms with Gasteiger partial charge in [-0.1, -0.05) is 30.8 Å². The van der Waals surface area contributed by atoms with Crippen LogP contribution in [0, 0.1) is 0 Å². The third-order valence-corrected chi connectivity index (χ3v) is 9.11. The standard InChI is InChI=1S/C27H30F3N3O5S/c1-17(16-31-26(35)36)18-10-11-23-19(13-18)5-2-9-24(23)32-25(34)15-21-7-4-12-33(21)39(37,38)22-8-3-6-20(14-22)27(28,29)30/h3,6,8,10-11,13-14,21,24,31H,1-2,4-5,7,9,12,15-16H2,(H,32,34)(H,35,36). The monoisotopic (exact) mass is 565 g/mol. The third-order valence-electron chi connectivity index (χ3n) is 7.17. The molecule has 1 saturated heterocycles. The molecule has 12 heteroatoms. The van der Waals surface area contributed by atoms with Crippen molar-refractivity contribution < 1.29 is 36.3 Å². The van der Waals surface area contributed by atoms with E-state index in [1.165, 1.54) is 0 Å². The molecule has 2 atom stereocenters. The number of benzene rings is 2. The Morgan fingerprint density at radius 1 is 1.10 bits per heavy atom. The summed E-state index contributed by atoms with van der Waals surface area (Å²) in [6, 6.07) is 8.40. The molecule has 8 nitrogen and oxygen atoms in total. The molecule has 0 spiro atoms. The first kappa shape index (κ1) is 28.6. The van der Waals surface area contributed by atoms with Gasteiger partial charge in [0, 0.05) is 25.6 Å². The second-order valence-electron chi connectivity index (χ2n) is 9.83. The number of rotatable bonds is 8. The van der Waals surface area contributed by atoms with Crippen molar-refractivity contribution in [3.8, 4) is 0 Å². The average Bonchev–Trinajstić information content (AvgIpc) is 3.35. The minimum atomic E-state index is -4.67. The maximum atomic E-state index is 13.2. The average molecular weight is 566 g/mol. The summed E-state index contributed by atoms with van der Waals surface area (Å²) in [4.78, 5) is 23.4. The van der Waals surface area contributed by atoms with E-state index in [4.69, 9.17) is 5.11 Å². The molecular formula is C27H30F3N3O5S. The zero-order chi connectivity index (χ0) is 28.4. The van der Waals surface area contributed by atoms with Crippen LogP contribution in [0.15, 0.2) is 53.9 Å². The topological polar surface area (TPSA) is 116 Å². The Balaban J connectivity index is 1.44. The van der Waals surface area contributed by atoms with E-state index in [0.29, 0.717) is 30.9 Å². The van der Waals surface area contributed by atoms with Gasteiger partial charge in [0.1, 0.15) is 0 Å². The predicted octanol–water partition coefficient (Wildman–Crippen LogP) is 4.72. The van der Waals surface area contributed by atoms with Gasteiger partial charge < -0.3 is 15.7 Å². The molecule has 1 aliphatic carbocycles. The van der Waals surface area contributed by atoms with Gasteiger partial charge in [0.05, 0.1) is 16.5 Å². The fraction of sp³-hybridized carbons (Fsp3) is 0.407. The highest BCUT2D eigenvalue weighted by atomic mass is 32.2. The molecule has 2 unspecified atom stereocenters. The lowest BCUT2D eigenvalue weighted by Gasteiger charge is -2.29. The Morgan fingerprint density at radius 3 is 2.59 bits per heavy atom. The second-order valence-corrected chi connectivity index (χ2v) is 11.7. The summed E-state index contributed by atoms with van der Waals surface area (Å²) in [6.45, 7) is 4.16. The fourth-order valence-electron chi connectivity index (χ4n) is 5.23. The number of nitrogens with one attached hydrogen (secondary N) is 2. The number of carbonyl (C=O) groups is 2. The Kier molecular flexibility index (Phi) is 8.36. The number of alkyl halides is 3. The van der Waals surface area contributed by atoms with Crippen molar-refractivity contribution in [2.24, 2.45) is 0 Å². The molecule has 210 valence electrons. The smallest absolute Gasteiger partial charge is 0.416 e. The minimum Gasteiger partial charge on any atom is -0.465 e. The summed E-state index contributed by atoms with van der Waals surface area (Å²) >= 11 is 0. The van der Waals surface area contributed by atoms with E-state index < -0.39 is 38.8 Å². The zero-order valence-electron chi connectivity index (χ0n) is 21.1. The van der Waals surface area contributed by atoms with Crippen molar-refractivity contribution in [3.05, 3.63) is 71.3 Å². The van der Waals surface area contributed by atoms with E-state index in [9.17, 15) is 31.2 Å². The molecule has 2 aliphatic rings. The summed E-state index contributed by atoms with van der Waals surface area (Å²) < 4.78 is 67.0. The van der Waals surface area contributed by atoms with Crippen LogP contribution < -0.4 is 10.6 Å². The van der Waals surface area contributed by atoms with Crippen LogP contribution in [-0.4, -0.2) is 49.0 Å². The van der Waals surface area contributed by atoms with Gasteiger partial charge >= 0.3 is 12.3 Å². The van der Waals surface area contributed by atoms with Gasteiger partial charge in [0.2, 0.25) is 15.9 Å². The number of sulfonamides is 1. The molecule has 2 aromatic carbocycles. The van der Waals surface area contributed by atoms with Crippen LogP contribution in [0.25, 0.3) is 5.57 Å². The van der Waals surface area contributed by atoms with E-state index in [1.54, 1.807) is 0 Å². The lowest BCUT2D eigenvalue weighted by molar-refractivity contribution is -0.137. The molecular weight excluding hydrogens is 535 g/mol. The van der Waals surface area contributed by atoms with Gasteiger partial charge in [0.25, 0.3) is 0 Å². The Hall–Kier alpha value is -3.38. The fourth-order valence-corrected chi connectivity index (χ4v) is 6.97. The lowest BCUT2D eigenvalue weighted by Crippen LogP contribution is -2.40. The molecule has 2 amide bonds. The molecule has 2 aromatic rings. The number of amides is 2. The summed E-state index contributed by atoms with van der Waals surface area (Å²) in [7, 11) is -4.22. The van der Waals surface area contributed by atoms with Crippen LogP contribution in [0.5, 0.6) is 0 Å². The van der Waals surface area contributed by atoms with E-state index in [1.807, 2.05) is 18.2 Å². The Morgan fingerprint density at radius 2 is 1.87 bits per heavy atom. The van der Waals surface area contributed by atoms with Gasteiger partial charge in [-0.25, -0.2) is 13.2 Å². The van der Waals surface area contributed by atoms with Crippen molar-refractivity contribution in [3.63, 3.8) is 0 Å². The SMILES string of the molecule is C=C(CNC(=O)O)c1ccc2c(c1)CCCC2NC(=O)CC1CCCN1S(=O)(=O)c1cccc(C(F)(F)F)c1. The van der Waals surface area contributed by atoms with Crippen LogP contribution in [0.1, 0.15) is 60.4 Å². The van der Waals surface area contributed by atoms with E-state index in [-0.39, 0.29) is 31.5 Å². The summed E-state index contributed by atoms with van der Waals surface area (Å²) in [5.41, 5.74) is 2.34. The van der Waals surface area contributed by atoms with Gasteiger partial charge in [-0.05, 0) is 72.6 Å². The minimum absolute atomic E-state index is 0.0928. The quantitative estimate of drug-likeness (QED) is 0.428. The van der Waals surface area contributed by atoms with E-state index in [2.05, 4.69) is 17.2 Å². The van der Waals surface area contributed by atoms with Crippen LogP contribution in [0.3, 0.4) is 0 Å². The van der Waals surface area contributed by atoms with Crippen LogP contribution in [-0.2, 0) is 27.4 Å².